The second kappa shape index (κ2) is 5.95. The van der Waals surface area contributed by atoms with Crippen molar-refractivity contribution in [3.8, 4) is 0 Å². The van der Waals surface area contributed by atoms with E-state index in [2.05, 4.69) is 15.5 Å². The van der Waals surface area contributed by atoms with Gasteiger partial charge in [-0.1, -0.05) is 24.2 Å². The number of amides is 1. The van der Waals surface area contributed by atoms with E-state index in [-0.39, 0.29) is 5.91 Å². The molecule has 0 atom stereocenters. The number of hydrogen-bond donors (Lipinski definition) is 1. The Morgan fingerprint density at radius 2 is 2.12 bits per heavy atom. The predicted octanol–water partition coefficient (Wildman–Crippen LogP) is 1.87. The molecule has 1 fully saturated rings. The Kier molecular flexibility index (Phi) is 4.30. The number of anilines is 1. The molecule has 5 nitrogen and oxygen atoms in total. The zero-order valence-corrected chi connectivity index (χ0v) is 10.9. The van der Waals surface area contributed by atoms with Crippen LogP contribution in [0.5, 0.6) is 0 Å². The molecule has 0 spiro atoms. The largest absolute Gasteiger partial charge is 0.363 e. The number of aromatic nitrogens is 2. The van der Waals surface area contributed by atoms with Crippen LogP contribution < -0.4 is 5.32 Å². The molecule has 0 bridgehead atoms. The van der Waals surface area contributed by atoms with E-state index in [1.165, 1.54) is 24.2 Å². The van der Waals surface area contributed by atoms with Crippen molar-refractivity contribution in [1.29, 1.82) is 0 Å². The normalized spacial score (nSPS) is 17.7. The fourth-order valence-corrected chi connectivity index (χ4v) is 2.67. The highest BCUT2D eigenvalue weighted by Crippen LogP contribution is 2.18. The van der Waals surface area contributed by atoms with Gasteiger partial charge in [-0.25, -0.2) is 0 Å². The van der Waals surface area contributed by atoms with Gasteiger partial charge in [0.25, 0.3) is 0 Å². The van der Waals surface area contributed by atoms with Gasteiger partial charge in [0, 0.05) is 20.0 Å². The van der Waals surface area contributed by atoms with Gasteiger partial charge < -0.3 is 10.2 Å². The minimum absolute atomic E-state index is 0.255. The van der Waals surface area contributed by atoms with E-state index in [0.717, 1.165) is 29.5 Å². The van der Waals surface area contributed by atoms with Gasteiger partial charge >= 0.3 is 0 Å². The Balaban J connectivity index is 1.97. The third kappa shape index (κ3) is 3.39. The summed E-state index contributed by atoms with van der Waals surface area (Å²) < 4.78 is 0. The molecule has 94 valence electrons. The van der Waals surface area contributed by atoms with Crippen molar-refractivity contribution in [3.05, 3.63) is 5.01 Å². The first-order valence-electron chi connectivity index (χ1n) is 6.07. The molecular formula is C11H18N4OS. The predicted molar refractivity (Wildman–Crippen MR) is 68.0 cm³/mol. The zero-order chi connectivity index (χ0) is 12.1. The molecule has 0 unspecified atom stereocenters. The number of nitrogens with zero attached hydrogens (tertiary/aromatic N) is 3. The third-order valence-electron chi connectivity index (χ3n) is 2.93. The first-order chi connectivity index (χ1) is 8.29. The van der Waals surface area contributed by atoms with Gasteiger partial charge in [-0.3, -0.25) is 4.79 Å². The number of carbonyl (C=O) groups is 1. The first kappa shape index (κ1) is 12.3. The summed E-state index contributed by atoms with van der Waals surface area (Å²) in [4.78, 5) is 13.8. The lowest BCUT2D eigenvalue weighted by Crippen LogP contribution is -2.32. The Hall–Kier alpha value is -1.17. The molecule has 1 aliphatic heterocycles. The second-order valence-electron chi connectivity index (χ2n) is 4.23. The SMILES string of the molecule is CNc1nnc(CN2CCCCCCC2=O)s1. The molecule has 2 rings (SSSR count). The van der Waals surface area contributed by atoms with Crippen molar-refractivity contribution in [2.45, 2.75) is 38.6 Å². The molecule has 0 radical (unpaired) electrons. The summed E-state index contributed by atoms with van der Waals surface area (Å²) in [6.07, 6.45) is 5.21. The van der Waals surface area contributed by atoms with E-state index >= 15 is 0 Å². The Morgan fingerprint density at radius 3 is 2.88 bits per heavy atom. The van der Waals surface area contributed by atoms with Crippen LogP contribution in [0.3, 0.4) is 0 Å². The Morgan fingerprint density at radius 1 is 1.29 bits per heavy atom. The molecule has 0 saturated carbocycles. The van der Waals surface area contributed by atoms with Crippen LogP contribution in [0.4, 0.5) is 5.13 Å². The summed E-state index contributed by atoms with van der Waals surface area (Å²) in [5.74, 6) is 0.255. The maximum atomic E-state index is 11.9. The van der Waals surface area contributed by atoms with Crippen molar-refractivity contribution in [2.75, 3.05) is 18.9 Å². The Bertz CT molecular complexity index is 379. The highest BCUT2D eigenvalue weighted by atomic mass is 32.1. The lowest BCUT2D eigenvalue weighted by atomic mass is 10.1. The maximum absolute atomic E-state index is 11.9. The molecule has 0 aromatic carbocycles. The van der Waals surface area contributed by atoms with Gasteiger partial charge in [-0.2, -0.15) is 0 Å². The van der Waals surface area contributed by atoms with E-state index in [9.17, 15) is 4.79 Å². The molecule has 1 aromatic heterocycles. The van der Waals surface area contributed by atoms with E-state index < -0.39 is 0 Å². The number of carbonyl (C=O) groups excluding carboxylic acids is 1. The molecule has 1 N–H and O–H groups in total. The summed E-state index contributed by atoms with van der Waals surface area (Å²) in [7, 11) is 1.82. The van der Waals surface area contributed by atoms with E-state index in [1.54, 1.807) is 0 Å². The van der Waals surface area contributed by atoms with Gasteiger partial charge in [-0.15, -0.1) is 10.2 Å². The van der Waals surface area contributed by atoms with Crippen molar-refractivity contribution in [1.82, 2.24) is 15.1 Å². The summed E-state index contributed by atoms with van der Waals surface area (Å²) in [5, 5.41) is 12.7. The third-order valence-corrected chi connectivity index (χ3v) is 3.85. The summed E-state index contributed by atoms with van der Waals surface area (Å²) in [6.45, 7) is 1.46. The fraction of sp³-hybridized carbons (Fsp3) is 0.727. The minimum Gasteiger partial charge on any atom is -0.363 e. The van der Waals surface area contributed by atoms with Crippen LogP contribution in [-0.4, -0.2) is 34.6 Å². The van der Waals surface area contributed by atoms with Gasteiger partial charge in [0.2, 0.25) is 11.0 Å². The molecule has 1 amide bonds. The summed E-state index contributed by atoms with van der Waals surface area (Å²) in [5.41, 5.74) is 0. The van der Waals surface area contributed by atoms with E-state index in [4.69, 9.17) is 0 Å². The van der Waals surface area contributed by atoms with Crippen LogP contribution in [0.1, 0.15) is 37.1 Å². The Labute approximate surface area is 105 Å². The van der Waals surface area contributed by atoms with Crippen LogP contribution >= 0.6 is 11.3 Å². The maximum Gasteiger partial charge on any atom is 0.222 e. The zero-order valence-electron chi connectivity index (χ0n) is 10.1. The molecular weight excluding hydrogens is 236 g/mol. The second-order valence-corrected chi connectivity index (χ2v) is 5.29. The lowest BCUT2D eigenvalue weighted by molar-refractivity contribution is -0.132. The van der Waals surface area contributed by atoms with Gasteiger partial charge in [0.15, 0.2) is 0 Å². The summed E-state index contributed by atoms with van der Waals surface area (Å²) in [6, 6.07) is 0. The average Bonchev–Trinajstić information content (AvgIpc) is 2.77. The number of likely N-dealkylation sites (tertiary alicyclic amines) is 1. The first-order valence-corrected chi connectivity index (χ1v) is 6.89. The highest BCUT2D eigenvalue weighted by Gasteiger charge is 2.17. The van der Waals surface area contributed by atoms with Gasteiger partial charge in [-0.05, 0) is 12.8 Å². The van der Waals surface area contributed by atoms with Crippen LogP contribution in [0, 0.1) is 0 Å². The highest BCUT2D eigenvalue weighted by molar-refractivity contribution is 7.15. The minimum atomic E-state index is 0.255. The molecule has 1 aromatic rings. The number of hydrogen-bond acceptors (Lipinski definition) is 5. The standard InChI is InChI=1S/C11H18N4OS/c1-12-11-14-13-9(17-11)8-15-7-5-3-2-4-6-10(15)16/h2-8H2,1H3,(H,12,14). The van der Waals surface area contributed by atoms with Crippen molar-refractivity contribution < 1.29 is 4.79 Å². The quantitative estimate of drug-likeness (QED) is 0.894. The van der Waals surface area contributed by atoms with Crippen molar-refractivity contribution in [3.63, 3.8) is 0 Å². The van der Waals surface area contributed by atoms with Gasteiger partial charge in [0.05, 0.1) is 6.54 Å². The molecule has 6 heteroatoms. The number of nitrogens with one attached hydrogen (secondary N) is 1. The average molecular weight is 254 g/mol. The van der Waals surface area contributed by atoms with Crippen molar-refractivity contribution in [2.24, 2.45) is 0 Å². The topological polar surface area (TPSA) is 58.1 Å². The van der Waals surface area contributed by atoms with Crippen LogP contribution in [0.15, 0.2) is 0 Å². The monoisotopic (exact) mass is 254 g/mol. The number of rotatable bonds is 3. The van der Waals surface area contributed by atoms with Crippen LogP contribution in [0.2, 0.25) is 0 Å². The fourth-order valence-electron chi connectivity index (χ4n) is 1.96. The van der Waals surface area contributed by atoms with Crippen molar-refractivity contribution >= 4 is 22.4 Å². The van der Waals surface area contributed by atoms with Crippen LogP contribution in [0.25, 0.3) is 0 Å². The van der Waals surface area contributed by atoms with Gasteiger partial charge in [0.1, 0.15) is 5.01 Å². The molecule has 1 saturated heterocycles. The van der Waals surface area contributed by atoms with E-state index in [1.807, 2.05) is 11.9 Å². The van der Waals surface area contributed by atoms with E-state index in [0.29, 0.717) is 13.0 Å². The lowest BCUT2D eigenvalue weighted by Gasteiger charge is -2.23. The molecule has 17 heavy (non-hydrogen) atoms. The molecule has 0 aliphatic carbocycles. The molecule has 2 heterocycles. The summed E-state index contributed by atoms with van der Waals surface area (Å²) >= 11 is 1.51. The molecule has 1 aliphatic rings. The smallest absolute Gasteiger partial charge is 0.222 e. The van der Waals surface area contributed by atoms with Crippen LogP contribution in [-0.2, 0) is 11.3 Å².